The van der Waals surface area contributed by atoms with Crippen LogP contribution in [0.2, 0.25) is 0 Å². The molecule has 1 aliphatic carbocycles. The fourth-order valence-corrected chi connectivity index (χ4v) is 2.15. The summed E-state index contributed by atoms with van der Waals surface area (Å²) in [6, 6.07) is 0. The van der Waals surface area contributed by atoms with Gasteiger partial charge in [0, 0.05) is 5.70 Å². The Balaban J connectivity index is 3.08. The molecule has 0 aromatic carbocycles. The predicted molar refractivity (Wildman–Crippen MR) is 61.5 cm³/mol. The smallest absolute Gasteiger partial charge is 0.0536 e. The first-order valence-electron chi connectivity index (χ1n) is 5.66. The van der Waals surface area contributed by atoms with Gasteiger partial charge in [0.2, 0.25) is 0 Å². The summed E-state index contributed by atoms with van der Waals surface area (Å²) in [5, 5.41) is 0. The highest BCUT2D eigenvalue weighted by Crippen LogP contribution is 2.27. The molecule has 0 atom stereocenters. The van der Waals surface area contributed by atoms with E-state index >= 15 is 0 Å². The van der Waals surface area contributed by atoms with Crippen LogP contribution in [-0.2, 0) is 0 Å². The lowest BCUT2D eigenvalue weighted by Crippen LogP contribution is -2.15. The van der Waals surface area contributed by atoms with E-state index in [-0.39, 0.29) is 0 Å². The van der Waals surface area contributed by atoms with Crippen LogP contribution in [0.1, 0.15) is 52.4 Å². The van der Waals surface area contributed by atoms with Crippen LogP contribution in [0.5, 0.6) is 0 Å². The van der Waals surface area contributed by atoms with Crippen molar-refractivity contribution in [3.8, 4) is 0 Å². The molecule has 1 aliphatic rings. The molecule has 2 heteroatoms. The van der Waals surface area contributed by atoms with Crippen LogP contribution in [0.15, 0.2) is 22.5 Å². The normalized spacial score (nSPS) is 19.6. The van der Waals surface area contributed by atoms with Gasteiger partial charge in [0.15, 0.2) is 0 Å². The summed E-state index contributed by atoms with van der Waals surface area (Å²) >= 11 is 0. The third kappa shape index (κ3) is 2.31. The zero-order valence-corrected chi connectivity index (χ0v) is 9.40. The first-order valence-corrected chi connectivity index (χ1v) is 5.66. The molecule has 80 valence electrons. The first-order chi connectivity index (χ1) is 6.70. The summed E-state index contributed by atoms with van der Waals surface area (Å²) in [5.41, 5.74) is 16.6. The van der Waals surface area contributed by atoms with Crippen molar-refractivity contribution in [2.24, 2.45) is 11.5 Å². The van der Waals surface area contributed by atoms with Crippen molar-refractivity contribution in [2.45, 2.75) is 52.4 Å². The van der Waals surface area contributed by atoms with Gasteiger partial charge in [-0.1, -0.05) is 19.4 Å². The monoisotopic (exact) mass is 194 g/mol. The summed E-state index contributed by atoms with van der Waals surface area (Å²) in [6.45, 7) is 4.36. The average molecular weight is 194 g/mol. The van der Waals surface area contributed by atoms with Crippen molar-refractivity contribution >= 4 is 0 Å². The highest BCUT2D eigenvalue weighted by Gasteiger charge is 2.12. The molecular weight excluding hydrogens is 172 g/mol. The van der Waals surface area contributed by atoms with Crippen molar-refractivity contribution in [3.63, 3.8) is 0 Å². The van der Waals surface area contributed by atoms with E-state index in [9.17, 15) is 0 Å². The van der Waals surface area contributed by atoms with Crippen molar-refractivity contribution in [1.82, 2.24) is 0 Å². The summed E-state index contributed by atoms with van der Waals surface area (Å²) < 4.78 is 0. The van der Waals surface area contributed by atoms with Crippen LogP contribution in [0.25, 0.3) is 0 Å². The van der Waals surface area contributed by atoms with Crippen molar-refractivity contribution < 1.29 is 0 Å². The Kier molecular flexibility index (Phi) is 4.05. The topological polar surface area (TPSA) is 52.0 Å². The van der Waals surface area contributed by atoms with Crippen molar-refractivity contribution in [1.29, 1.82) is 0 Å². The van der Waals surface area contributed by atoms with Gasteiger partial charge < -0.3 is 11.5 Å². The van der Waals surface area contributed by atoms with E-state index in [1.54, 1.807) is 0 Å². The SMILES string of the molecule is CCC1=C(CC)C(N)=C(N)CCCC1. The van der Waals surface area contributed by atoms with Gasteiger partial charge in [-0.15, -0.1) is 0 Å². The van der Waals surface area contributed by atoms with E-state index in [0.29, 0.717) is 0 Å². The Labute approximate surface area is 87.0 Å². The molecule has 0 amide bonds. The maximum absolute atomic E-state index is 6.07. The molecule has 0 radical (unpaired) electrons. The second kappa shape index (κ2) is 5.08. The molecule has 0 saturated carbocycles. The van der Waals surface area contributed by atoms with Gasteiger partial charge >= 0.3 is 0 Å². The Hall–Kier alpha value is -0.920. The fraction of sp³-hybridized carbons (Fsp3) is 0.667. The number of rotatable bonds is 2. The van der Waals surface area contributed by atoms with Crippen LogP contribution >= 0.6 is 0 Å². The summed E-state index contributed by atoms with van der Waals surface area (Å²) in [4.78, 5) is 0. The highest BCUT2D eigenvalue weighted by atomic mass is 14.7. The fourth-order valence-electron chi connectivity index (χ4n) is 2.15. The maximum Gasteiger partial charge on any atom is 0.0536 e. The van der Waals surface area contributed by atoms with Gasteiger partial charge in [-0.05, 0) is 44.1 Å². The van der Waals surface area contributed by atoms with Crippen molar-refractivity contribution in [3.05, 3.63) is 22.5 Å². The quantitative estimate of drug-likeness (QED) is 0.710. The molecule has 0 saturated heterocycles. The Morgan fingerprint density at radius 3 is 2.21 bits per heavy atom. The molecule has 0 bridgehead atoms. The summed E-state index contributed by atoms with van der Waals surface area (Å²) in [5.74, 6) is 0. The molecular formula is C12H22N2. The summed E-state index contributed by atoms with van der Waals surface area (Å²) in [7, 11) is 0. The van der Waals surface area contributed by atoms with E-state index < -0.39 is 0 Å². The lowest BCUT2D eigenvalue weighted by Gasteiger charge is -2.18. The van der Waals surface area contributed by atoms with Gasteiger partial charge in [0.25, 0.3) is 0 Å². The maximum atomic E-state index is 6.07. The molecule has 0 unspecified atom stereocenters. The van der Waals surface area contributed by atoms with Gasteiger partial charge in [-0.2, -0.15) is 0 Å². The minimum absolute atomic E-state index is 0.865. The second-order valence-electron chi connectivity index (χ2n) is 3.94. The Bertz CT molecular complexity index is 261. The third-order valence-corrected chi connectivity index (χ3v) is 3.05. The van der Waals surface area contributed by atoms with E-state index in [4.69, 9.17) is 11.5 Å². The molecule has 0 aromatic rings. The largest absolute Gasteiger partial charge is 0.400 e. The van der Waals surface area contributed by atoms with Crippen LogP contribution in [0, 0.1) is 0 Å². The second-order valence-corrected chi connectivity index (χ2v) is 3.94. The van der Waals surface area contributed by atoms with Gasteiger partial charge in [0.05, 0.1) is 5.70 Å². The molecule has 0 aromatic heterocycles. The van der Waals surface area contributed by atoms with Crippen LogP contribution in [-0.4, -0.2) is 0 Å². The third-order valence-electron chi connectivity index (χ3n) is 3.05. The van der Waals surface area contributed by atoms with Crippen LogP contribution in [0.3, 0.4) is 0 Å². The molecule has 0 heterocycles. The molecule has 0 aliphatic heterocycles. The lowest BCUT2D eigenvalue weighted by molar-refractivity contribution is 0.684. The average Bonchev–Trinajstić information content (AvgIpc) is 2.19. The minimum Gasteiger partial charge on any atom is -0.400 e. The molecule has 14 heavy (non-hydrogen) atoms. The Morgan fingerprint density at radius 1 is 1.00 bits per heavy atom. The molecule has 4 N–H and O–H groups in total. The lowest BCUT2D eigenvalue weighted by atomic mass is 9.91. The van der Waals surface area contributed by atoms with E-state index in [1.165, 1.54) is 30.4 Å². The Morgan fingerprint density at radius 2 is 1.64 bits per heavy atom. The van der Waals surface area contributed by atoms with Crippen LogP contribution in [0.4, 0.5) is 0 Å². The van der Waals surface area contributed by atoms with Crippen LogP contribution < -0.4 is 11.5 Å². The molecule has 2 nitrogen and oxygen atoms in total. The van der Waals surface area contributed by atoms with E-state index in [0.717, 1.165) is 30.7 Å². The molecule has 0 fully saturated rings. The number of nitrogens with two attached hydrogens (primary N) is 2. The summed E-state index contributed by atoms with van der Waals surface area (Å²) in [6.07, 6.45) is 6.71. The van der Waals surface area contributed by atoms with E-state index in [2.05, 4.69) is 13.8 Å². The standard InChI is InChI=1S/C12H22N2/c1-3-9-7-5-6-8-11(13)12(14)10(9)4-2/h3-8,13-14H2,1-2H3. The number of allylic oxidation sites excluding steroid dienone is 3. The minimum atomic E-state index is 0.865. The number of hydrogen-bond acceptors (Lipinski definition) is 2. The zero-order chi connectivity index (χ0) is 10.6. The molecule has 1 rings (SSSR count). The van der Waals surface area contributed by atoms with E-state index in [1.807, 2.05) is 0 Å². The number of hydrogen-bond donors (Lipinski definition) is 2. The zero-order valence-electron chi connectivity index (χ0n) is 9.40. The predicted octanol–water partition coefficient (Wildman–Crippen LogP) is 2.81. The highest BCUT2D eigenvalue weighted by molar-refractivity contribution is 5.36. The molecule has 0 spiro atoms. The van der Waals surface area contributed by atoms with Gasteiger partial charge in [-0.3, -0.25) is 0 Å². The first kappa shape index (κ1) is 11.2. The van der Waals surface area contributed by atoms with Gasteiger partial charge in [-0.25, -0.2) is 0 Å². The van der Waals surface area contributed by atoms with Gasteiger partial charge in [0.1, 0.15) is 0 Å². The van der Waals surface area contributed by atoms with Crippen molar-refractivity contribution in [2.75, 3.05) is 0 Å².